The van der Waals surface area contributed by atoms with Crippen molar-refractivity contribution < 1.29 is 14.5 Å². The minimum atomic E-state index is -0.428. The molecular formula is C16H14N2O4. The minimum Gasteiger partial charge on any atom is -0.425 e. The van der Waals surface area contributed by atoms with Crippen LogP contribution in [-0.4, -0.2) is 15.9 Å². The molecule has 1 heterocycles. The number of nitrogens with zero attached hydrogens (tertiary/aromatic N) is 2. The van der Waals surface area contributed by atoms with Crippen molar-refractivity contribution in [2.45, 2.75) is 13.8 Å². The van der Waals surface area contributed by atoms with Crippen molar-refractivity contribution in [3.05, 3.63) is 63.5 Å². The molecule has 0 aliphatic heterocycles. The largest absolute Gasteiger partial charge is 0.425 e. The second-order valence-corrected chi connectivity index (χ2v) is 4.56. The van der Waals surface area contributed by atoms with Crippen molar-refractivity contribution in [1.29, 1.82) is 0 Å². The Morgan fingerprint density at radius 3 is 2.59 bits per heavy atom. The van der Waals surface area contributed by atoms with Gasteiger partial charge in [-0.2, -0.15) is 0 Å². The fourth-order valence-corrected chi connectivity index (χ4v) is 1.89. The lowest BCUT2D eigenvalue weighted by Crippen LogP contribution is -2.03. The highest BCUT2D eigenvalue weighted by Gasteiger charge is 2.09. The molecule has 2 rings (SSSR count). The third kappa shape index (κ3) is 3.76. The van der Waals surface area contributed by atoms with E-state index >= 15 is 0 Å². The SMILES string of the molecule is CC(=O)Oc1ccc(/C=C/c2ccccc2[N+](=O)[O-])nc1C. The molecule has 2 aromatic rings. The van der Waals surface area contributed by atoms with Gasteiger partial charge in [0, 0.05) is 13.0 Å². The topological polar surface area (TPSA) is 82.3 Å². The van der Waals surface area contributed by atoms with E-state index in [1.54, 1.807) is 49.4 Å². The van der Waals surface area contributed by atoms with Gasteiger partial charge >= 0.3 is 5.97 Å². The molecule has 1 aromatic heterocycles. The fourth-order valence-electron chi connectivity index (χ4n) is 1.89. The van der Waals surface area contributed by atoms with Crippen molar-refractivity contribution in [2.75, 3.05) is 0 Å². The second kappa shape index (κ2) is 6.62. The number of nitro benzene ring substituents is 1. The van der Waals surface area contributed by atoms with Crippen LogP contribution in [0, 0.1) is 17.0 Å². The summed E-state index contributed by atoms with van der Waals surface area (Å²) in [6.07, 6.45) is 3.30. The maximum Gasteiger partial charge on any atom is 0.308 e. The molecule has 0 aliphatic carbocycles. The van der Waals surface area contributed by atoms with Crippen molar-refractivity contribution in [3.63, 3.8) is 0 Å². The Balaban J connectivity index is 2.26. The zero-order valence-corrected chi connectivity index (χ0v) is 12.1. The van der Waals surface area contributed by atoms with Crippen LogP contribution >= 0.6 is 0 Å². The first kappa shape index (κ1) is 15.4. The lowest BCUT2D eigenvalue weighted by Gasteiger charge is -2.05. The lowest BCUT2D eigenvalue weighted by atomic mass is 10.1. The summed E-state index contributed by atoms with van der Waals surface area (Å²) >= 11 is 0. The van der Waals surface area contributed by atoms with E-state index in [0.717, 1.165) is 0 Å². The van der Waals surface area contributed by atoms with Crippen LogP contribution in [-0.2, 0) is 4.79 Å². The van der Waals surface area contributed by atoms with Gasteiger partial charge in [0.25, 0.3) is 5.69 Å². The van der Waals surface area contributed by atoms with E-state index in [0.29, 0.717) is 22.7 Å². The van der Waals surface area contributed by atoms with Crippen LogP contribution in [0.2, 0.25) is 0 Å². The number of benzene rings is 1. The fraction of sp³-hybridized carbons (Fsp3) is 0.125. The molecule has 22 heavy (non-hydrogen) atoms. The highest BCUT2D eigenvalue weighted by molar-refractivity contribution is 5.73. The van der Waals surface area contributed by atoms with Gasteiger partial charge in [-0.1, -0.05) is 12.1 Å². The quantitative estimate of drug-likeness (QED) is 0.491. The molecule has 0 saturated carbocycles. The van der Waals surface area contributed by atoms with Crippen LogP contribution < -0.4 is 4.74 Å². The van der Waals surface area contributed by atoms with E-state index in [1.807, 2.05) is 0 Å². The van der Waals surface area contributed by atoms with Crippen LogP contribution in [0.3, 0.4) is 0 Å². The minimum absolute atomic E-state index is 0.0343. The predicted octanol–water partition coefficient (Wildman–Crippen LogP) is 3.39. The maximum atomic E-state index is 10.9. The summed E-state index contributed by atoms with van der Waals surface area (Å²) in [7, 11) is 0. The first-order valence-corrected chi connectivity index (χ1v) is 6.55. The van der Waals surface area contributed by atoms with Gasteiger partial charge in [0.15, 0.2) is 5.75 Å². The number of hydrogen-bond acceptors (Lipinski definition) is 5. The number of aromatic nitrogens is 1. The summed E-state index contributed by atoms with van der Waals surface area (Å²) in [6.45, 7) is 3.04. The Labute approximate surface area is 127 Å². The second-order valence-electron chi connectivity index (χ2n) is 4.56. The monoisotopic (exact) mass is 298 g/mol. The van der Waals surface area contributed by atoms with Gasteiger partial charge in [0.05, 0.1) is 21.9 Å². The summed E-state index contributed by atoms with van der Waals surface area (Å²) < 4.78 is 5.00. The highest BCUT2D eigenvalue weighted by Crippen LogP contribution is 2.21. The Bertz CT molecular complexity index is 754. The van der Waals surface area contributed by atoms with Crippen LogP contribution in [0.5, 0.6) is 5.75 Å². The van der Waals surface area contributed by atoms with E-state index in [4.69, 9.17) is 4.74 Å². The molecule has 1 aromatic carbocycles. The summed E-state index contributed by atoms with van der Waals surface area (Å²) in [5.41, 5.74) is 1.72. The molecule has 6 nitrogen and oxygen atoms in total. The van der Waals surface area contributed by atoms with Gasteiger partial charge in [0.2, 0.25) is 0 Å². The predicted molar refractivity (Wildman–Crippen MR) is 82.3 cm³/mol. The number of nitro groups is 1. The number of para-hydroxylation sites is 1. The molecular weight excluding hydrogens is 284 g/mol. The van der Waals surface area contributed by atoms with Gasteiger partial charge in [-0.25, -0.2) is 4.98 Å². The van der Waals surface area contributed by atoms with E-state index < -0.39 is 10.9 Å². The smallest absolute Gasteiger partial charge is 0.308 e. The number of hydrogen-bond donors (Lipinski definition) is 0. The zero-order chi connectivity index (χ0) is 16.1. The van der Waals surface area contributed by atoms with Crippen LogP contribution in [0.15, 0.2) is 36.4 Å². The molecule has 0 bridgehead atoms. The standard InChI is InChI=1S/C16H14N2O4/c1-11-16(22-12(2)19)10-9-14(17-11)8-7-13-5-3-4-6-15(13)18(20)21/h3-10H,1-2H3/b8-7+. The first-order valence-electron chi connectivity index (χ1n) is 6.55. The molecule has 0 amide bonds. The lowest BCUT2D eigenvalue weighted by molar-refractivity contribution is -0.385. The highest BCUT2D eigenvalue weighted by atomic mass is 16.6. The van der Waals surface area contributed by atoms with Gasteiger partial charge < -0.3 is 4.74 Å². The number of esters is 1. The third-order valence-electron chi connectivity index (χ3n) is 2.88. The molecule has 6 heteroatoms. The number of ether oxygens (including phenoxy) is 1. The van der Waals surface area contributed by atoms with Gasteiger partial charge in [-0.3, -0.25) is 14.9 Å². The van der Waals surface area contributed by atoms with Crippen LogP contribution in [0.25, 0.3) is 12.2 Å². The van der Waals surface area contributed by atoms with Crippen LogP contribution in [0.1, 0.15) is 23.9 Å². The molecule has 0 N–H and O–H groups in total. The van der Waals surface area contributed by atoms with E-state index in [9.17, 15) is 14.9 Å². The van der Waals surface area contributed by atoms with E-state index in [2.05, 4.69) is 4.98 Å². The van der Waals surface area contributed by atoms with E-state index in [1.165, 1.54) is 13.0 Å². The summed E-state index contributed by atoms with van der Waals surface area (Å²) in [6, 6.07) is 9.77. The first-order chi connectivity index (χ1) is 10.5. The molecule has 0 atom stereocenters. The van der Waals surface area contributed by atoms with Crippen molar-refractivity contribution in [3.8, 4) is 5.75 Å². The third-order valence-corrected chi connectivity index (χ3v) is 2.88. The molecule has 112 valence electrons. The Morgan fingerprint density at radius 1 is 1.23 bits per heavy atom. The Kier molecular flexibility index (Phi) is 4.63. The van der Waals surface area contributed by atoms with Gasteiger partial charge in [-0.15, -0.1) is 0 Å². The van der Waals surface area contributed by atoms with Gasteiger partial charge in [-0.05, 0) is 37.3 Å². The van der Waals surface area contributed by atoms with Crippen molar-refractivity contribution >= 4 is 23.8 Å². The van der Waals surface area contributed by atoms with Crippen LogP contribution in [0.4, 0.5) is 5.69 Å². The molecule has 0 fully saturated rings. The molecule has 0 radical (unpaired) electrons. The number of pyridine rings is 1. The van der Waals surface area contributed by atoms with E-state index in [-0.39, 0.29) is 5.69 Å². The zero-order valence-electron chi connectivity index (χ0n) is 12.1. The average Bonchev–Trinajstić information content (AvgIpc) is 2.47. The number of carbonyl (C=O) groups excluding carboxylic acids is 1. The normalized spacial score (nSPS) is 10.6. The average molecular weight is 298 g/mol. The van der Waals surface area contributed by atoms with Crippen molar-refractivity contribution in [1.82, 2.24) is 4.98 Å². The summed E-state index contributed by atoms with van der Waals surface area (Å²) in [5, 5.41) is 10.9. The Hall–Kier alpha value is -3.02. The van der Waals surface area contributed by atoms with Gasteiger partial charge in [0.1, 0.15) is 0 Å². The summed E-state index contributed by atoms with van der Waals surface area (Å²) in [5.74, 6) is -0.0107. The molecule has 0 saturated heterocycles. The Morgan fingerprint density at radius 2 is 1.95 bits per heavy atom. The van der Waals surface area contributed by atoms with Crippen molar-refractivity contribution in [2.24, 2.45) is 0 Å². The number of carbonyl (C=O) groups is 1. The summed E-state index contributed by atoms with van der Waals surface area (Å²) in [4.78, 5) is 25.7. The maximum absolute atomic E-state index is 10.9. The number of rotatable bonds is 4. The number of aryl methyl sites for hydroxylation is 1. The molecule has 0 aliphatic rings. The molecule has 0 unspecified atom stereocenters. The molecule has 0 spiro atoms.